The Labute approximate surface area is 151 Å². The number of nitriles is 1. The number of esters is 1. The van der Waals surface area contributed by atoms with E-state index in [9.17, 15) is 9.59 Å². The first kappa shape index (κ1) is 18.8. The average Bonchev–Trinajstić information content (AvgIpc) is 2.69. The SMILES string of the molecule is COc1ccccc1CNC(=O)COC(=O)COc1ccccc1C#N. The number of carbonyl (C=O) groups excluding carboxylic acids is 2. The first-order valence-electron chi connectivity index (χ1n) is 7.80. The number of para-hydroxylation sites is 2. The van der Waals surface area contributed by atoms with Crippen molar-refractivity contribution in [3.8, 4) is 17.6 Å². The lowest BCUT2D eigenvalue weighted by Crippen LogP contribution is -2.29. The highest BCUT2D eigenvalue weighted by Gasteiger charge is 2.10. The zero-order valence-electron chi connectivity index (χ0n) is 14.2. The molecule has 0 heterocycles. The van der Waals surface area contributed by atoms with Gasteiger partial charge in [0.05, 0.1) is 12.7 Å². The van der Waals surface area contributed by atoms with Gasteiger partial charge in [-0.1, -0.05) is 30.3 Å². The van der Waals surface area contributed by atoms with Crippen molar-refractivity contribution in [3.63, 3.8) is 0 Å². The van der Waals surface area contributed by atoms with Crippen LogP contribution in [-0.4, -0.2) is 32.2 Å². The molecular weight excluding hydrogens is 336 g/mol. The molecule has 0 spiro atoms. The Bertz CT molecular complexity index is 814. The number of hydrogen-bond acceptors (Lipinski definition) is 6. The van der Waals surface area contributed by atoms with Crippen molar-refractivity contribution in [2.24, 2.45) is 0 Å². The number of methoxy groups -OCH3 is 1. The monoisotopic (exact) mass is 354 g/mol. The largest absolute Gasteiger partial charge is 0.496 e. The standard InChI is InChI=1S/C19H18N2O5/c1-24-16-8-4-3-7-15(16)11-21-18(22)12-26-19(23)13-25-17-9-5-2-6-14(17)10-20/h2-9H,11-13H2,1H3,(H,21,22). The van der Waals surface area contributed by atoms with Gasteiger partial charge < -0.3 is 19.5 Å². The van der Waals surface area contributed by atoms with Crippen LogP contribution in [0, 0.1) is 11.3 Å². The van der Waals surface area contributed by atoms with Gasteiger partial charge in [-0.15, -0.1) is 0 Å². The average molecular weight is 354 g/mol. The molecule has 0 atom stereocenters. The fourth-order valence-electron chi connectivity index (χ4n) is 2.10. The smallest absolute Gasteiger partial charge is 0.344 e. The van der Waals surface area contributed by atoms with Gasteiger partial charge in [0.1, 0.15) is 17.6 Å². The highest BCUT2D eigenvalue weighted by atomic mass is 16.6. The third-order valence-electron chi connectivity index (χ3n) is 3.39. The summed E-state index contributed by atoms with van der Waals surface area (Å²) < 4.78 is 15.3. The predicted molar refractivity (Wildman–Crippen MR) is 92.5 cm³/mol. The molecular formula is C19H18N2O5. The van der Waals surface area contributed by atoms with Gasteiger partial charge in [-0.2, -0.15) is 5.26 Å². The lowest BCUT2D eigenvalue weighted by atomic mass is 10.2. The van der Waals surface area contributed by atoms with Crippen molar-refractivity contribution in [2.45, 2.75) is 6.54 Å². The molecule has 7 heteroatoms. The summed E-state index contributed by atoms with van der Waals surface area (Å²) in [5.74, 6) is -0.200. The van der Waals surface area contributed by atoms with Gasteiger partial charge in [0.15, 0.2) is 13.2 Å². The number of nitrogens with one attached hydrogen (secondary N) is 1. The molecule has 1 N–H and O–H groups in total. The van der Waals surface area contributed by atoms with Crippen LogP contribution in [0.2, 0.25) is 0 Å². The third-order valence-corrected chi connectivity index (χ3v) is 3.39. The molecule has 0 aliphatic heterocycles. The third kappa shape index (κ3) is 5.53. The molecule has 2 aromatic rings. The van der Waals surface area contributed by atoms with E-state index in [2.05, 4.69) is 5.32 Å². The molecule has 134 valence electrons. The molecule has 0 aliphatic carbocycles. The van der Waals surface area contributed by atoms with E-state index in [4.69, 9.17) is 19.5 Å². The van der Waals surface area contributed by atoms with Gasteiger partial charge in [-0.05, 0) is 18.2 Å². The Balaban J connectivity index is 1.73. The quantitative estimate of drug-likeness (QED) is 0.726. The fourth-order valence-corrected chi connectivity index (χ4v) is 2.10. The Morgan fingerprint density at radius 1 is 1.04 bits per heavy atom. The minimum absolute atomic E-state index is 0.256. The van der Waals surface area contributed by atoms with E-state index in [-0.39, 0.29) is 12.3 Å². The molecule has 0 saturated carbocycles. The van der Waals surface area contributed by atoms with Gasteiger partial charge in [-0.25, -0.2) is 4.79 Å². The first-order valence-corrected chi connectivity index (χ1v) is 7.80. The summed E-state index contributed by atoms with van der Waals surface area (Å²) in [6.07, 6.45) is 0. The van der Waals surface area contributed by atoms with Gasteiger partial charge in [-0.3, -0.25) is 4.79 Å². The van der Waals surface area contributed by atoms with Crippen LogP contribution < -0.4 is 14.8 Å². The Morgan fingerprint density at radius 2 is 1.73 bits per heavy atom. The molecule has 0 aliphatic rings. The Hall–Kier alpha value is -3.53. The van der Waals surface area contributed by atoms with Crippen molar-refractivity contribution in [1.29, 1.82) is 5.26 Å². The second-order valence-corrected chi connectivity index (χ2v) is 5.15. The zero-order chi connectivity index (χ0) is 18.8. The second kappa shape index (κ2) is 9.69. The molecule has 7 nitrogen and oxygen atoms in total. The maximum absolute atomic E-state index is 11.8. The van der Waals surface area contributed by atoms with E-state index in [0.29, 0.717) is 11.3 Å². The van der Waals surface area contributed by atoms with E-state index in [1.807, 2.05) is 24.3 Å². The van der Waals surface area contributed by atoms with Crippen LogP contribution in [0.5, 0.6) is 11.5 Å². The van der Waals surface area contributed by atoms with Crippen molar-refractivity contribution in [1.82, 2.24) is 5.32 Å². The van der Waals surface area contributed by atoms with E-state index in [0.717, 1.165) is 5.56 Å². The molecule has 0 radical (unpaired) electrons. The van der Waals surface area contributed by atoms with Crippen LogP contribution in [0.1, 0.15) is 11.1 Å². The summed E-state index contributed by atoms with van der Waals surface area (Å²) >= 11 is 0. The number of amides is 1. The molecule has 0 fully saturated rings. The molecule has 2 rings (SSSR count). The highest BCUT2D eigenvalue weighted by Crippen LogP contribution is 2.17. The molecule has 0 bridgehead atoms. The summed E-state index contributed by atoms with van der Waals surface area (Å²) in [7, 11) is 1.55. The fraction of sp³-hybridized carbons (Fsp3) is 0.211. The zero-order valence-corrected chi connectivity index (χ0v) is 14.2. The summed E-state index contributed by atoms with van der Waals surface area (Å²) in [6.45, 7) is -0.553. The number of nitrogens with zero attached hydrogens (tertiary/aromatic N) is 1. The molecule has 0 unspecified atom stereocenters. The van der Waals surface area contributed by atoms with Gasteiger partial charge in [0.2, 0.25) is 0 Å². The topological polar surface area (TPSA) is 97.7 Å². The molecule has 2 aromatic carbocycles. The van der Waals surface area contributed by atoms with E-state index in [1.165, 1.54) is 0 Å². The van der Waals surface area contributed by atoms with Crippen LogP contribution >= 0.6 is 0 Å². The summed E-state index contributed by atoms with van der Waals surface area (Å²) in [5.41, 5.74) is 1.13. The van der Waals surface area contributed by atoms with E-state index >= 15 is 0 Å². The van der Waals surface area contributed by atoms with Crippen molar-refractivity contribution in [3.05, 3.63) is 59.7 Å². The van der Waals surface area contributed by atoms with Crippen LogP contribution in [-0.2, 0) is 20.9 Å². The van der Waals surface area contributed by atoms with Crippen molar-refractivity contribution < 1.29 is 23.8 Å². The van der Waals surface area contributed by atoms with Crippen LogP contribution in [0.15, 0.2) is 48.5 Å². The maximum Gasteiger partial charge on any atom is 0.344 e. The molecule has 0 saturated heterocycles. The number of rotatable bonds is 8. The van der Waals surface area contributed by atoms with Gasteiger partial charge in [0, 0.05) is 12.1 Å². The number of carbonyl (C=O) groups is 2. The second-order valence-electron chi connectivity index (χ2n) is 5.15. The maximum atomic E-state index is 11.8. The van der Waals surface area contributed by atoms with Gasteiger partial charge >= 0.3 is 5.97 Å². The van der Waals surface area contributed by atoms with E-state index in [1.54, 1.807) is 37.4 Å². The number of hydrogen-bond donors (Lipinski definition) is 1. The number of benzene rings is 2. The molecule has 0 aromatic heterocycles. The van der Waals surface area contributed by atoms with Gasteiger partial charge in [0.25, 0.3) is 5.91 Å². The van der Waals surface area contributed by atoms with Crippen LogP contribution in [0.4, 0.5) is 0 Å². The Kier molecular flexibility index (Phi) is 7.01. The van der Waals surface area contributed by atoms with Crippen LogP contribution in [0.3, 0.4) is 0 Å². The summed E-state index contributed by atoms with van der Waals surface area (Å²) in [6, 6.07) is 15.8. The van der Waals surface area contributed by atoms with Crippen molar-refractivity contribution in [2.75, 3.05) is 20.3 Å². The van der Waals surface area contributed by atoms with E-state index < -0.39 is 25.1 Å². The minimum atomic E-state index is -0.704. The van der Waals surface area contributed by atoms with Crippen LogP contribution in [0.25, 0.3) is 0 Å². The number of ether oxygens (including phenoxy) is 3. The lowest BCUT2D eigenvalue weighted by molar-refractivity contribution is -0.150. The molecule has 26 heavy (non-hydrogen) atoms. The predicted octanol–water partition coefficient (Wildman–Crippen LogP) is 1.81. The highest BCUT2D eigenvalue weighted by molar-refractivity contribution is 5.81. The minimum Gasteiger partial charge on any atom is -0.496 e. The normalized spacial score (nSPS) is 9.69. The molecule has 1 amide bonds. The lowest BCUT2D eigenvalue weighted by Gasteiger charge is -2.10. The summed E-state index contributed by atoms with van der Waals surface area (Å²) in [5, 5.41) is 11.6. The van der Waals surface area contributed by atoms with Crippen molar-refractivity contribution >= 4 is 11.9 Å². The summed E-state index contributed by atoms with van der Waals surface area (Å²) in [4.78, 5) is 23.4. The first-order chi connectivity index (χ1) is 12.6. The Morgan fingerprint density at radius 3 is 2.46 bits per heavy atom.